The van der Waals surface area contributed by atoms with Gasteiger partial charge in [-0.1, -0.05) is 6.42 Å². The Kier molecular flexibility index (Phi) is 4.40. The number of aromatic nitrogens is 1. The van der Waals surface area contributed by atoms with Crippen LogP contribution in [0.1, 0.15) is 31.4 Å². The molecule has 126 valence electrons. The zero-order chi connectivity index (χ0) is 15.6. The summed E-state index contributed by atoms with van der Waals surface area (Å²) in [6, 6.07) is 5.11. The third-order valence-electron chi connectivity index (χ3n) is 5.65. The summed E-state index contributed by atoms with van der Waals surface area (Å²) in [6.45, 7) is 5.96. The lowest BCUT2D eigenvalue weighted by molar-refractivity contribution is -0.136. The first-order valence-electron chi connectivity index (χ1n) is 9.03. The third-order valence-corrected chi connectivity index (χ3v) is 5.65. The van der Waals surface area contributed by atoms with Crippen molar-refractivity contribution >= 4 is 5.91 Å². The van der Waals surface area contributed by atoms with E-state index in [1.807, 2.05) is 4.90 Å². The highest BCUT2D eigenvalue weighted by Gasteiger charge is 2.31. The number of carbonyl (C=O) groups is 1. The summed E-state index contributed by atoms with van der Waals surface area (Å²) in [5, 5.41) is 0. The second kappa shape index (κ2) is 6.65. The van der Waals surface area contributed by atoms with E-state index in [9.17, 15) is 4.79 Å². The summed E-state index contributed by atoms with van der Waals surface area (Å²) in [5.74, 6) is 0.724. The number of nitrogens with zero attached hydrogens (tertiary/aromatic N) is 3. The highest BCUT2D eigenvalue weighted by Crippen LogP contribution is 2.30. The molecule has 1 aromatic heterocycles. The molecule has 4 rings (SSSR count). The number of rotatable bonds is 3. The SMILES string of the molecule is O=C(C[C@@H]1CN(C2CCC2)Cc2cccn2C1)N1CCOCC1. The molecule has 1 saturated carbocycles. The fraction of sp³-hybridized carbons (Fsp3) is 0.722. The molecule has 1 amide bonds. The van der Waals surface area contributed by atoms with Gasteiger partial charge in [-0.2, -0.15) is 0 Å². The van der Waals surface area contributed by atoms with Gasteiger partial charge in [-0.25, -0.2) is 0 Å². The summed E-state index contributed by atoms with van der Waals surface area (Å²) in [4.78, 5) is 17.2. The van der Waals surface area contributed by atoms with Crippen molar-refractivity contribution < 1.29 is 9.53 Å². The van der Waals surface area contributed by atoms with E-state index in [4.69, 9.17) is 4.74 Å². The molecule has 3 aliphatic rings. The van der Waals surface area contributed by atoms with E-state index in [0.717, 1.165) is 38.8 Å². The van der Waals surface area contributed by atoms with E-state index in [1.54, 1.807) is 0 Å². The van der Waals surface area contributed by atoms with Crippen molar-refractivity contribution in [3.8, 4) is 0 Å². The minimum atomic E-state index is 0.308. The minimum Gasteiger partial charge on any atom is -0.378 e. The van der Waals surface area contributed by atoms with E-state index in [2.05, 4.69) is 27.8 Å². The summed E-state index contributed by atoms with van der Waals surface area (Å²) >= 11 is 0. The first-order valence-corrected chi connectivity index (χ1v) is 9.03. The highest BCUT2D eigenvalue weighted by atomic mass is 16.5. The Morgan fingerprint density at radius 2 is 2.04 bits per heavy atom. The molecule has 1 saturated heterocycles. The second-order valence-electron chi connectivity index (χ2n) is 7.23. The number of fused-ring (bicyclic) bond motifs is 1. The van der Waals surface area contributed by atoms with E-state index in [1.165, 1.54) is 25.0 Å². The van der Waals surface area contributed by atoms with Gasteiger partial charge < -0.3 is 14.2 Å². The van der Waals surface area contributed by atoms with Crippen LogP contribution in [-0.4, -0.2) is 59.2 Å². The molecule has 1 atom stereocenters. The maximum Gasteiger partial charge on any atom is 0.223 e. The molecule has 23 heavy (non-hydrogen) atoms. The van der Waals surface area contributed by atoms with Gasteiger partial charge in [0.25, 0.3) is 0 Å². The summed E-state index contributed by atoms with van der Waals surface area (Å²) in [6.07, 6.45) is 6.85. The number of morpholine rings is 1. The molecule has 2 aliphatic heterocycles. The van der Waals surface area contributed by atoms with Gasteiger partial charge in [0.15, 0.2) is 0 Å². The van der Waals surface area contributed by atoms with E-state index >= 15 is 0 Å². The molecule has 5 heteroatoms. The Hall–Kier alpha value is -1.33. The average molecular weight is 317 g/mol. The smallest absolute Gasteiger partial charge is 0.223 e. The molecular formula is C18H27N3O2. The number of ether oxygens (including phenoxy) is 1. The van der Waals surface area contributed by atoms with Crippen molar-refractivity contribution in [1.82, 2.24) is 14.4 Å². The molecule has 5 nitrogen and oxygen atoms in total. The Balaban J connectivity index is 1.44. The maximum atomic E-state index is 12.6. The van der Waals surface area contributed by atoms with Crippen LogP contribution in [-0.2, 0) is 22.6 Å². The molecule has 1 aliphatic carbocycles. The number of hydrogen-bond acceptors (Lipinski definition) is 3. The molecule has 0 spiro atoms. The molecule has 0 aromatic carbocycles. The molecule has 3 heterocycles. The summed E-state index contributed by atoms with van der Waals surface area (Å²) in [5.41, 5.74) is 1.40. The van der Waals surface area contributed by atoms with E-state index in [-0.39, 0.29) is 0 Å². The summed E-state index contributed by atoms with van der Waals surface area (Å²) in [7, 11) is 0. The van der Waals surface area contributed by atoms with Crippen molar-refractivity contribution in [2.45, 2.75) is 44.8 Å². The van der Waals surface area contributed by atoms with Crippen molar-refractivity contribution in [3.05, 3.63) is 24.0 Å². The Morgan fingerprint density at radius 3 is 2.78 bits per heavy atom. The predicted molar refractivity (Wildman–Crippen MR) is 88.0 cm³/mol. The molecule has 2 fully saturated rings. The molecular weight excluding hydrogens is 290 g/mol. The van der Waals surface area contributed by atoms with Crippen LogP contribution in [0.3, 0.4) is 0 Å². The standard InChI is InChI=1S/C18H27N3O2/c22-18(19-7-9-23-10-8-19)11-15-12-20-6-2-5-17(20)14-21(13-15)16-3-1-4-16/h2,5-6,15-16H,1,3-4,7-14H2/t15-/m0/s1. The van der Waals surface area contributed by atoms with Gasteiger partial charge in [-0.3, -0.25) is 9.69 Å². The summed E-state index contributed by atoms with van der Waals surface area (Å²) < 4.78 is 7.72. The molecule has 0 unspecified atom stereocenters. The van der Waals surface area contributed by atoms with E-state index in [0.29, 0.717) is 31.5 Å². The Bertz CT molecular complexity index is 546. The normalized spacial score (nSPS) is 26.4. The van der Waals surface area contributed by atoms with Crippen LogP contribution in [0.5, 0.6) is 0 Å². The van der Waals surface area contributed by atoms with Crippen molar-refractivity contribution in [2.24, 2.45) is 5.92 Å². The molecule has 0 radical (unpaired) electrons. The first-order chi connectivity index (χ1) is 11.3. The largest absolute Gasteiger partial charge is 0.378 e. The van der Waals surface area contributed by atoms with Crippen LogP contribution in [0.15, 0.2) is 18.3 Å². The van der Waals surface area contributed by atoms with Gasteiger partial charge in [0.05, 0.1) is 13.2 Å². The number of carbonyl (C=O) groups excluding carboxylic acids is 1. The van der Waals surface area contributed by atoms with Gasteiger partial charge in [-0.05, 0) is 30.9 Å². The second-order valence-corrected chi connectivity index (χ2v) is 7.23. The van der Waals surface area contributed by atoms with Gasteiger partial charge in [0.1, 0.15) is 0 Å². The highest BCUT2D eigenvalue weighted by molar-refractivity contribution is 5.76. The van der Waals surface area contributed by atoms with Crippen LogP contribution >= 0.6 is 0 Å². The van der Waals surface area contributed by atoms with Gasteiger partial charge in [0.2, 0.25) is 5.91 Å². The minimum absolute atomic E-state index is 0.308. The van der Waals surface area contributed by atoms with Crippen LogP contribution in [0.2, 0.25) is 0 Å². The monoisotopic (exact) mass is 317 g/mol. The van der Waals surface area contributed by atoms with Crippen molar-refractivity contribution in [3.63, 3.8) is 0 Å². The molecule has 0 bridgehead atoms. The van der Waals surface area contributed by atoms with Crippen molar-refractivity contribution in [2.75, 3.05) is 32.8 Å². The Morgan fingerprint density at radius 1 is 1.22 bits per heavy atom. The third kappa shape index (κ3) is 3.31. The fourth-order valence-electron chi connectivity index (χ4n) is 4.06. The number of amides is 1. The van der Waals surface area contributed by atoms with Crippen LogP contribution in [0.25, 0.3) is 0 Å². The molecule has 1 aromatic rings. The quantitative estimate of drug-likeness (QED) is 0.852. The lowest BCUT2D eigenvalue weighted by Gasteiger charge is -2.38. The van der Waals surface area contributed by atoms with E-state index < -0.39 is 0 Å². The Labute approximate surface area is 138 Å². The van der Waals surface area contributed by atoms with Crippen LogP contribution < -0.4 is 0 Å². The average Bonchev–Trinajstić information content (AvgIpc) is 2.86. The predicted octanol–water partition coefficient (Wildman–Crippen LogP) is 1.72. The van der Waals surface area contributed by atoms with Crippen LogP contribution in [0.4, 0.5) is 0 Å². The zero-order valence-electron chi connectivity index (χ0n) is 13.8. The molecule has 0 N–H and O–H groups in total. The van der Waals surface area contributed by atoms with Gasteiger partial charge >= 0.3 is 0 Å². The first kappa shape index (κ1) is 15.2. The maximum absolute atomic E-state index is 12.6. The number of hydrogen-bond donors (Lipinski definition) is 0. The van der Waals surface area contributed by atoms with Gasteiger partial charge in [0, 0.05) is 57.1 Å². The topological polar surface area (TPSA) is 37.7 Å². The lowest BCUT2D eigenvalue weighted by Crippen LogP contribution is -2.44. The van der Waals surface area contributed by atoms with Gasteiger partial charge in [-0.15, -0.1) is 0 Å². The van der Waals surface area contributed by atoms with Crippen LogP contribution in [0, 0.1) is 5.92 Å². The zero-order valence-corrected chi connectivity index (χ0v) is 13.8. The van der Waals surface area contributed by atoms with Crippen molar-refractivity contribution in [1.29, 1.82) is 0 Å². The fourth-order valence-corrected chi connectivity index (χ4v) is 4.06. The lowest BCUT2D eigenvalue weighted by atomic mass is 9.90.